The van der Waals surface area contributed by atoms with Crippen molar-refractivity contribution in [3.63, 3.8) is 0 Å². The Bertz CT molecular complexity index is 736. The van der Waals surface area contributed by atoms with E-state index in [-0.39, 0.29) is 30.1 Å². The molecule has 1 fully saturated rings. The molecule has 1 heterocycles. The predicted octanol–water partition coefficient (Wildman–Crippen LogP) is 4.16. The number of β-amino-alcohol motifs (C(OH)–C–C–N with tert-alkyl or cyclic N) is 1. The zero-order chi connectivity index (χ0) is 17.6. The molecule has 0 spiro atoms. The van der Waals surface area contributed by atoms with Crippen LogP contribution in [0, 0.1) is 0 Å². The standard InChI is InChI=1S/C20H24ClN3O.HI/c1-2-22-20(24-12-11-18(25)14-24)23-13-16-5-3-4-6-19(16)15-7-9-17(21)10-8-15;/h3-10,18,25H,2,11-14H2,1H3,(H,22,23);1H/t18-;/m1./s1. The largest absolute Gasteiger partial charge is 0.391 e. The molecular formula is C20H25ClIN3O. The summed E-state index contributed by atoms with van der Waals surface area (Å²) in [7, 11) is 0. The lowest BCUT2D eigenvalue weighted by molar-refractivity contribution is 0.188. The van der Waals surface area contributed by atoms with Gasteiger partial charge in [-0.05, 0) is 42.2 Å². The lowest BCUT2D eigenvalue weighted by Gasteiger charge is -2.21. The second-order valence-corrected chi connectivity index (χ2v) is 6.66. The van der Waals surface area contributed by atoms with Crippen LogP contribution >= 0.6 is 35.6 Å². The Morgan fingerprint density at radius 3 is 2.62 bits per heavy atom. The third kappa shape index (κ3) is 5.34. The molecule has 0 amide bonds. The smallest absolute Gasteiger partial charge is 0.194 e. The van der Waals surface area contributed by atoms with Gasteiger partial charge in [0.1, 0.15) is 0 Å². The summed E-state index contributed by atoms with van der Waals surface area (Å²) in [5.41, 5.74) is 3.47. The highest BCUT2D eigenvalue weighted by Gasteiger charge is 2.22. The van der Waals surface area contributed by atoms with Crippen LogP contribution in [-0.4, -0.2) is 41.7 Å². The molecule has 140 valence electrons. The molecule has 2 aromatic carbocycles. The molecular weight excluding hydrogens is 461 g/mol. The fraction of sp³-hybridized carbons (Fsp3) is 0.350. The van der Waals surface area contributed by atoms with Crippen LogP contribution in [0.1, 0.15) is 18.9 Å². The Hall–Kier alpha value is -1.31. The van der Waals surface area contributed by atoms with Gasteiger partial charge in [0.2, 0.25) is 0 Å². The van der Waals surface area contributed by atoms with Crippen LogP contribution in [0.4, 0.5) is 0 Å². The SMILES string of the molecule is CCNC(=NCc1ccccc1-c1ccc(Cl)cc1)N1CC[C@@H](O)C1.I. The van der Waals surface area contributed by atoms with Crippen LogP contribution < -0.4 is 5.32 Å². The Labute approximate surface area is 177 Å². The molecule has 4 nitrogen and oxygen atoms in total. The van der Waals surface area contributed by atoms with Gasteiger partial charge in [-0.25, -0.2) is 4.99 Å². The van der Waals surface area contributed by atoms with Gasteiger partial charge in [0, 0.05) is 24.7 Å². The van der Waals surface area contributed by atoms with Crippen molar-refractivity contribution in [3.8, 4) is 11.1 Å². The van der Waals surface area contributed by atoms with Crippen LogP contribution in [0.2, 0.25) is 5.02 Å². The number of benzene rings is 2. The molecule has 26 heavy (non-hydrogen) atoms. The van der Waals surface area contributed by atoms with E-state index in [9.17, 15) is 5.11 Å². The molecule has 1 aliphatic heterocycles. The number of guanidine groups is 1. The Morgan fingerprint density at radius 1 is 1.23 bits per heavy atom. The summed E-state index contributed by atoms with van der Waals surface area (Å²) in [4.78, 5) is 6.92. The number of aliphatic hydroxyl groups excluding tert-OH is 1. The Balaban J connectivity index is 0.00000243. The average molecular weight is 486 g/mol. The number of rotatable bonds is 4. The third-order valence-corrected chi connectivity index (χ3v) is 4.62. The van der Waals surface area contributed by atoms with Gasteiger partial charge in [-0.1, -0.05) is 48.0 Å². The van der Waals surface area contributed by atoms with E-state index in [0.29, 0.717) is 13.1 Å². The summed E-state index contributed by atoms with van der Waals surface area (Å²) in [5, 5.41) is 13.8. The number of hydrogen-bond donors (Lipinski definition) is 2. The van der Waals surface area contributed by atoms with Crippen molar-refractivity contribution in [2.24, 2.45) is 4.99 Å². The number of nitrogens with zero attached hydrogens (tertiary/aromatic N) is 2. The molecule has 0 bridgehead atoms. The second-order valence-electron chi connectivity index (χ2n) is 6.22. The average Bonchev–Trinajstić information content (AvgIpc) is 3.06. The van der Waals surface area contributed by atoms with Gasteiger partial charge < -0.3 is 15.3 Å². The number of nitrogens with one attached hydrogen (secondary N) is 1. The van der Waals surface area contributed by atoms with Crippen LogP contribution in [0.15, 0.2) is 53.5 Å². The Morgan fingerprint density at radius 2 is 1.96 bits per heavy atom. The van der Waals surface area contributed by atoms with Gasteiger partial charge in [-0.2, -0.15) is 0 Å². The summed E-state index contributed by atoms with van der Waals surface area (Å²) in [6.07, 6.45) is 0.538. The number of aliphatic imine (C=N–C) groups is 1. The third-order valence-electron chi connectivity index (χ3n) is 4.37. The van der Waals surface area contributed by atoms with Crippen molar-refractivity contribution in [2.45, 2.75) is 26.0 Å². The van der Waals surface area contributed by atoms with Gasteiger partial charge >= 0.3 is 0 Å². The van der Waals surface area contributed by atoms with Crippen LogP contribution in [-0.2, 0) is 6.54 Å². The van der Waals surface area contributed by atoms with Crippen LogP contribution in [0.3, 0.4) is 0 Å². The molecule has 0 aromatic heterocycles. The van der Waals surface area contributed by atoms with Gasteiger partial charge in [-0.15, -0.1) is 24.0 Å². The van der Waals surface area contributed by atoms with E-state index < -0.39 is 0 Å². The maximum atomic E-state index is 9.78. The monoisotopic (exact) mass is 485 g/mol. The summed E-state index contributed by atoms with van der Waals surface area (Å²) < 4.78 is 0. The van der Waals surface area contributed by atoms with E-state index in [1.807, 2.05) is 36.4 Å². The lowest BCUT2D eigenvalue weighted by Crippen LogP contribution is -2.40. The first-order valence-corrected chi connectivity index (χ1v) is 9.10. The topological polar surface area (TPSA) is 47.9 Å². The first-order valence-electron chi connectivity index (χ1n) is 8.72. The number of aliphatic hydroxyl groups is 1. The lowest BCUT2D eigenvalue weighted by atomic mass is 10.00. The summed E-state index contributed by atoms with van der Waals surface area (Å²) >= 11 is 6.00. The Kier molecular flexibility index (Phi) is 8.18. The quantitative estimate of drug-likeness (QED) is 0.388. The molecule has 2 aromatic rings. The molecule has 1 saturated heterocycles. The molecule has 0 saturated carbocycles. The minimum Gasteiger partial charge on any atom is -0.391 e. The van der Waals surface area contributed by atoms with E-state index in [2.05, 4.69) is 29.3 Å². The summed E-state index contributed by atoms with van der Waals surface area (Å²) in [6, 6.07) is 16.2. The van der Waals surface area contributed by atoms with Gasteiger partial charge in [0.05, 0.1) is 12.6 Å². The molecule has 1 aliphatic rings. The second kappa shape index (κ2) is 10.1. The number of hydrogen-bond acceptors (Lipinski definition) is 2. The number of likely N-dealkylation sites (tertiary alicyclic amines) is 1. The number of halogens is 2. The first kappa shape index (κ1) is 21.0. The predicted molar refractivity (Wildman–Crippen MR) is 119 cm³/mol. The van der Waals surface area contributed by atoms with Gasteiger partial charge in [0.15, 0.2) is 5.96 Å². The van der Waals surface area contributed by atoms with E-state index in [1.54, 1.807) is 0 Å². The van der Waals surface area contributed by atoms with E-state index in [1.165, 1.54) is 11.1 Å². The fourth-order valence-electron chi connectivity index (χ4n) is 3.09. The molecule has 0 aliphatic carbocycles. The molecule has 6 heteroatoms. The van der Waals surface area contributed by atoms with E-state index in [4.69, 9.17) is 16.6 Å². The molecule has 1 atom stereocenters. The normalized spacial score (nSPS) is 17.1. The van der Waals surface area contributed by atoms with E-state index in [0.717, 1.165) is 36.1 Å². The fourth-order valence-corrected chi connectivity index (χ4v) is 3.22. The van der Waals surface area contributed by atoms with Gasteiger partial charge in [-0.3, -0.25) is 0 Å². The van der Waals surface area contributed by atoms with Crippen LogP contribution in [0.25, 0.3) is 11.1 Å². The van der Waals surface area contributed by atoms with Crippen LogP contribution in [0.5, 0.6) is 0 Å². The van der Waals surface area contributed by atoms with Crippen molar-refractivity contribution in [1.29, 1.82) is 0 Å². The zero-order valence-electron chi connectivity index (χ0n) is 14.9. The highest BCUT2D eigenvalue weighted by molar-refractivity contribution is 14.0. The molecule has 2 N–H and O–H groups in total. The highest BCUT2D eigenvalue weighted by Crippen LogP contribution is 2.25. The minimum absolute atomic E-state index is 0. The van der Waals surface area contributed by atoms with Crippen molar-refractivity contribution >= 4 is 41.5 Å². The maximum absolute atomic E-state index is 9.78. The minimum atomic E-state index is -0.259. The molecule has 0 radical (unpaired) electrons. The van der Waals surface area contributed by atoms with E-state index >= 15 is 0 Å². The highest BCUT2D eigenvalue weighted by atomic mass is 127. The maximum Gasteiger partial charge on any atom is 0.194 e. The van der Waals surface area contributed by atoms with Crippen molar-refractivity contribution in [1.82, 2.24) is 10.2 Å². The zero-order valence-corrected chi connectivity index (χ0v) is 17.9. The van der Waals surface area contributed by atoms with Gasteiger partial charge in [0.25, 0.3) is 0 Å². The summed E-state index contributed by atoms with van der Waals surface area (Å²) in [5.74, 6) is 0.866. The summed E-state index contributed by atoms with van der Waals surface area (Å²) in [6.45, 7) is 4.94. The van der Waals surface area contributed by atoms with Crippen molar-refractivity contribution < 1.29 is 5.11 Å². The molecule has 3 rings (SSSR count). The first-order chi connectivity index (χ1) is 12.2. The van der Waals surface area contributed by atoms with Crippen molar-refractivity contribution in [3.05, 3.63) is 59.1 Å². The van der Waals surface area contributed by atoms with Crippen molar-refractivity contribution in [2.75, 3.05) is 19.6 Å². The molecule has 0 unspecified atom stereocenters.